The van der Waals surface area contributed by atoms with Gasteiger partial charge >= 0.3 is 0 Å². The van der Waals surface area contributed by atoms with Gasteiger partial charge in [0.2, 0.25) is 0 Å². The summed E-state index contributed by atoms with van der Waals surface area (Å²) in [6.07, 6.45) is 2.93. The summed E-state index contributed by atoms with van der Waals surface area (Å²) in [7, 11) is 1.96. The Morgan fingerprint density at radius 2 is 2.33 bits per heavy atom. The first-order valence-corrected chi connectivity index (χ1v) is 6.21. The van der Waals surface area contributed by atoms with Gasteiger partial charge in [-0.3, -0.25) is 4.68 Å². The Hall–Kier alpha value is -1.97. The summed E-state index contributed by atoms with van der Waals surface area (Å²) in [5, 5.41) is 7.68. The number of aryl methyl sites for hydroxylation is 1. The Morgan fingerprint density at radius 1 is 1.44 bits per heavy atom. The number of anilines is 1. The van der Waals surface area contributed by atoms with Crippen LogP contribution in [0.25, 0.3) is 0 Å². The summed E-state index contributed by atoms with van der Waals surface area (Å²) in [5.41, 5.74) is 4.87. The Balaban J connectivity index is 1.72. The van der Waals surface area contributed by atoms with E-state index in [-0.39, 0.29) is 0 Å². The summed E-state index contributed by atoms with van der Waals surface area (Å²) >= 11 is 0. The van der Waals surface area contributed by atoms with Gasteiger partial charge in [0.1, 0.15) is 5.75 Å². The van der Waals surface area contributed by atoms with Crippen LogP contribution in [0.1, 0.15) is 16.8 Å². The van der Waals surface area contributed by atoms with Crippen LogP contribution in [-0.4, -0.2) is 16.4 Å². The van der Waals surface area contributed by atoms with Crippen molar-refractivity contribution in [3.8, 4) is 5.75 Å². The Labute approximate surface area is 107 Å². The second-order valence-electron chi connectivity index (χ2n) is 4.65. The smallest absolute Gasteiger partial charge is 0.122 e. The van der Waals surface area contributed by atoms with Gasteiger partial charge in [0.15, 0.2) is 0 Å². The van der Waals surface area contributed by atoms with Gasteiger partial charge < -0.3 is 10.1 Å². The van der Waals surface area contributed by atoms with E-state index in [1.54, 1.807) is 0 Å². The van der Waals surface area contributed by atoms with Crippen LogP contribution in [0.4, 0.5) is 5.69 Å². The van der Waals surface area contributed by atoms with E-state index in [1.807, 2.05) is 24.0 Å². The van der Waals surface area contributed by atoms with Crippen LogP contribution in [0.15, 0.2) is 24.4 Å². The molecule has 18 heavy (non-hydrogen) atoms. The molecule has 1 aliphatic heterocycles. The van der Waals surface area contributed by atoms with Crippen LogP contribution in [0.2, 0.25) is 0 Å². The topological polar surface area (TPSA) is 39.1 Å². The van der Waals surface area contributed by atoms with Crippen molar-refractivity contribution in [2.75, 3.05) is 11.9 Å². The number of hydrogen-bond acceptors (Lipinski definition) is 3. The Morgan fingerprint density at radius 3 is 3.11 bits per heavy atom. The molecule has 0 aliphatic carbocycles. The zero-order valence-electron chi connectivity index (χ0n) is 10.7. The lowest BCUT2D eigenvalue weighted by Gasteiger charge is -2.07. The first-order valence-electron chi connectivity index (χ1n) is 6.21. The van der Waals surface area contributed by atoms with Crippen molar-refractivity contribution in [1.82, 2.24) is 9.78 Å². The largest absolute Gasteiger partial charge is 0.493 e. The van der Waals surface area contributed by atoms with Gasteiger partial charge in [0.25, 0.3) is 0 Å². The fourth-order valence-corrected chi connectivity index (χ4v) is 2.21. The molecular weight excluding hydrogens is 226 g/mol. The minimum Gasteiger partial charge on any atom is -0.493 e. The van der Waals surface area contributed by atoms with Crippen LogP contribution in [0, 0.1) is 6.92 Å². The molecule has 0 spiro atoms. The lowest BCUT2D eigenvalue weighted by Crippen LogP contribution is -2.01. The Bertz CT molecular complexity index is 574. The van der Waals surface area contributed by atoms with Gasteiger partial charge in [-0.25, -0.2) is 0 Å². The van der Waals surface area contributed by atoms with Crippen molar-refractivity contribution in [2.24, 2.45) is 7.05 Å². The number of aromatic nitrogens is 2. The zero-order valence-corrected chi connectivity index (χ0v) is 10.7. The summed E-state index contributed by atoms with van der Waals surface area (Å²) in [5.74, 6) is 1.03. The highest BCUT2D eigenvalue weighted by molar-refractivity contribution is 5.52. The molecule has 1 aliphatic rings. The van der Waals surface area contributed by atoms with Crippen molar-refractivity contribution in [3.05, 3.63) is 41.2 Å². The molecule has 0 atom stereocenters. The quantitative estimate of drug-likeness (QED) is 0.899. The first kappa shape index (κ1) is 11.1. The maximum absolute atomic E-state index is 5.50. The molecule has 0 saturated heterocycles. The molecule has 0 fully saturated rings. The minimum atomic E-state index is 0.805. The third kappa shape index (κ3) is 1.94. The highest BCUT2D eigenvalue weighted by Crippen LogP contribution is 2.28. The van der Waals surface area contributed by atoms with E-state index in [4.69, 9.17) is 4.74 Å². The molecule has 4 nitrogen and oxygen atoms in total. The molecule has 2 aromatic rings. The maximum atomic E-state index is 5.50. The molecular formula is C14H17N3O. The molecule has 4 heteroatoms. The highest BCUT2D eigenvalue weighted by atomic mass is 16.5. The molecule has 0 radical (unpaired) electrons. The summed E-state index contributed by atoms with van der Waals surface area (Å²) < 4.78 is 7.39. The van der Waals surface area contributed by atoms with Crippen molar-refractivity contribution in [3.63, 3.8) is 0 Å². The molecule has 1 N–H and O–H groups in total. The van der Waals surface area contributed by atoms with Gasteiger partial charge in [0, 0.05) is 37.0 Å². The summed E-state index contributed by atoms with van der Waals surface area (Å²) in [4.78, 5) is 0. The summed E-state index contributed by atoms with van der Waals surface area (Å²) in [6, 6.07) is 6.28. The molecule has 0 amide bonds. The monoisotopic (exact) mass is 243 g/mol. The molecule has 0 bridgehead atoms. The second-order valence-corrected chi connectivity index (χ2v) is 4.65. The van der Waals surface area contributed by atoms with Crippen LogP contribution in [-0.2, 0) is 20.0 Å². The first-order chi connectivity index (χ1) is 8.74. The number of benzene rings is 1. The van der Waals surface area contributed by atoms with E-state index in [0.29, 0.717) is 0 Å². The van der Waals surface area contributed by atoms with Crippen molar-refractivity contribution in [1.29, 1.82) is 0 Å². The van der Waals surface area contributed by atoms with Crippen molar-refractivity contribution in [2.45, 2.75) is 19.9 Å². The van der Waals surface area contributed by atoms with E-state index in [1.165, 1.54) is 16.8 Å². The SMILES string of the molecule is Cc1c(CNc2ccc3c(c2)CCO3)cnn1C. The van der Waals surface area contributed by atoms with Crippen LogP contribution < -0.4 is 10.1 Å². The number of fused-ring (bicyclic) bond motifs is 1. The van der Waals surface area contributed by atoms with Crippen molar-refractivity contribution < 1.29 is 4.74 Å². The van der Waals surface area contributed by atoms with Crippen LogP contribution >= 0.6 is 0 Å². The Kier molecular flexibility index (Phi) is 2.70. The fourth-order valence-electron chi connectivity index (χ4n) is 2.21. The molecule has 1 aromatic heterocycles. The number of hydrogen-bond donors (Lipinski definition) is 1. The fraction of sp³-hybridized carbons (Fsp3) is 0.357. The normalized spacial score (nSPS) is 13.2. The number of nitrogens with zero attached hydrogens (tertiary/aromatic N) is 2. The molecule has 94 valence electrons. The summed E-state index contributed by atoms with van der Waals surface area (Å²) in [6.45, 7) is 3.69. The van der Waals surface area contributed by atoms with Gasteiger partial charge in [-0.1, -0.05) is 0 Å². The van der Waals surface area contributed by atoms with E-state index in [2.05, 4.69) is 29.5 Å². The predicted octanol–water partition coefficient (Wildman–Crippen LogP) is 2.28. The molecule has 0 saturated carbocycles. The van der Waals surface area contributed by atoms with Crippen LogP contribution in [0.5, 0.6) is 5.75 Å². The third-order valence-corrected chi connectivity index (χ3v) is 3.51. The maximum Gasteiger partial charge on any atom is 0.122 e. The molecule has 2 heterocycles. The number of rotatable bonds is 3. The second kappa shape index (κ2) is 4.37. The van der Waals surface area contributed by atoms with Crippen LogP contribution in [0.3, 0.4) is 0 Å². The van der Waals surface area contributed by atoms with Gasteiger partial charge in [-0.2, -0.15) is 5.10 Å². The van der Waals surface area contributed by atoms with E-state index in [9.17, 15) is 0 Å². The number of ether oxygens (including phenoxy) is 1. The molecule has 3 rings (SSSR count). The van der Waals surface area contributed by atoms with Gasteiger partial charge in [0.05, 0.1) is 12.8 Å². The average molecular weight is 243 g/mol. The lowest BCUT2D eigenvalue weighted by atomic mass is 10.1. The predicted molar refractivity (Wildman–Crippen MR) is 70.9 cm³/mol. The van der Waals surface area contributed by atoms with E-state index < -0.39 is 0 Å². The van der Waals surface area contributed by atoms with E-state index >= 15 is 0 Å². The standard InChI is InChI=1S/C14H17N3O/c1-10-12(9-16-17(10)2)8-15-13-3-4-14-11(7-13)5-6-18-14/h3-4,7,9,15H,5-6,8H2,1-2H3. The zero-order chi connectivity index (χ0) is 12.5. The lowest BCUT2D eigenvalue weighted by molar-refractivity contribution is 0.357. The molecule has 1 aromatic carbocycles. The van der Waals surface area contributed by atoms with Gasteiger partial charge in [-0.05, 0) is 30.7 Å². The average Bonchev–Trinajstić information content (AvgIpc) is 2.96. The highest BCUT2D eigenvalue weighted by Gasteiger charge is 2.12. The number of nitrogens with one attached hydrogen (secondary N) is 1. The minimum absolute atomic E-state index is 0.805. The van der Waals surface area contributed by atoms with Gasteiger partial charge in [-0.15, -0.1) is 0 Å². The van der Waals surface area contributed by atoms with E-state index in [0.717, 1.165) is 31.0 Å². The van der Waals surface area contributed by atoms with Crippen molar-refractivity contribution >= 4 is 5.69 Å². The third-order valence-electron chi connectivity index (χ3n) is 3.51. The molecule has 0 unspecified atom stereocenters.